The Labute approximate surface area is 116 Å². The van der Waals surface area contributed by atoms with E-state index in [0.717, 1.165) is 22.3 Å². The summed E-state index contributed by atoms with van der Waals surface area (Å²) >= 11 is 0. The van der Waals surface area contributed by atoms with E-state index in [-0.39, 0.29) is 5.82 Å². The number of nitrogens with zero attached hydrogens (tertiary/aromatic N) is 1. The van der Waals surface area contributed by atoms with E-state index in [2.05, 4.69) is 9.98 Å². The number of aromatic amines is 1. The van der Waals surface area contributed by atoms with Gasteiger partial charge in [-0.2, -0.15) is 0 Å². The molecule has 0 saturated carbocycles. The van der Waals surface area contributed by atoms with Gasteiger partial charge in [0.05, 0.1) is 11.5 Å². The molecule has 4 heteroatoms. The van der Waals surface area contributed by atoms with Crippen molar-refractivity contribution in [1.82, 2.24) is 4.98 Å². The normalized spacial score (nSPS) is 12.0. The van der Waals surface area contributed by atoms with Crippen molar-refractivity contribution in [3.05, 3.63) is 54.3 Å². The number of amidine groups is 1. The number of benzene rings is 2. The molecule has 1 aromatic heterocycles. The largest absolute Gasteiger partial charge is 0.387 e. The Morgan fingerprint density at radius 1 is 1.15 bits per heavy atom. The van der Waals surface area contributed by atoms with Crippen molar-refractivity contribution >= 4 is 22.4 Å². The minimum Gasteiger partial charge on any atom is -0.387 e. The molecule has 0 aliphatic carbocycles. The zero-order chi connectivity index (χ0) is 14.1. The van der Waals surface area contributed by atoms with Crippen molar-refractivity contribution in [2.45, 2.75) is 6.92 Å². The van der Waals surface area contributed by atoms with Gasteiger partial charge in [-0.25, -0.2) is 9.38 Å². The number of hydrogen-bond donors (Lipinski definition) is 2. The van der Waals surface area contributed by atoms with Crippen LogP contribution in [0.1, 0.15) is 6.92 Å². The third-order valence-electron chi connectivity index (χ3n) is 3.07. The van der Waals surface area contributed by atoms with Crippen LogP contribution in [-0.4, -0.2) is 10.8 Å². The van der Waals surface area contributed by atoms with Crippen molar-refractivity contribution in [3.63, 3.8) is 0 Å². The van der Waals surface area contributed by atoms with Crippen molar-refractivity contribution in [3.8, 4) is 11.3 Å². The number of rotatable bonds is 2. The van der Waals surface area contributed by atoms with Crippen molar-refractivity contribution in [1.29, 1.82) is 0 Å². The first kappa shape index (κ1) is 12.4. The molecule has 3 aromatic rings. The molecule has 0 fully saturated rings. The van der Waals surface area contributed by atoms with E-state index >= 15 is 0 Å². The minimum absolute atomic E-state index is 0.241. The lowest BCUT2D eigenvalue weighted by molar-refractivity contribution is 0.631. The molecule has 3 rings (SSSR count). The highest BCUT2D eigenvalue weighted by Gasteiger charge is 2.07. The van der Waals surface area contributed by atoms with Gasteiger partial charge < -0.3 is 10.7 Å². The summed E-state index contributed by atoms with van der Waals surface area (Å²) in [5.74, 6) is 0.268. The quantitative estimate of drug-likeness (QED) is 0.535. The Morgan fingerprint density at radius 2 is 1.95 bits per heavy atom. The van der Waals surface area contributed by atoms with Crippen LogP contribution in [0, 0.1) is 5.82 Å². The van der Waals surface area contributed by atoms with Gasteiger partial charge in [0, 0.05) is 22.2 Å². The van der Waals surface area contributed by atoms with Crippen LogP contribution < -0.4 is 5.73 Å². The topological polar surface area (TPSA) is 54.2 Å². The van der Waals surface area contributed by atoms with E-state index in [0.29, 0.717) is 11.4 Å². The summed E-state index contributed by atoms with van der Waals surface area (Å²) in [4.78, 5) is 7.43. The molecule has 3 nitrogen and oxygen atoms in total. The zero-order valence-corrected chi connectivity index (χ0v) is 11.0. The van der Waals surface area contributed by atoms with Gasteiger partial charge in [0.2, 0.25) is 0 Å². The van der Waals surface area contributed by atoms with Crippen LogP contribution in [0.2, 0.25) is 0 Å². The number of hydrogen-bond acceptors (Lipinski definition) is 1. The van der Waals surface area contributed by atoms with E-state index in [1.165, 1.54) is 6.07 Å². The molecule has 0 amide bonds. The summed E-state index contributed by atoms with van der Waals surface area (Å²) < 4.78 is 13.8. The van der Waals surface area contributed by atoms with Crippen LogP contribution in [0.5, 0.6) is 0 Å². The van der Waals surface area contributed by atoms with E-state index < -0.39 is 0 Å². The lowest BCUT2D eigenvalue weighted by atomic mass is 10.1. The van der Waals surface area contributed by atoms with Crippen molar-refractivity contribution in [2.24, 2.45) is 10.7 Å². The van der Waals surface area contributed by atoms with Gasteiger partial charge in [-0.05, 0) is 43.3 Å². The van der Waals surface area contributed by atoms with Crippen LogP contribution in [0.3, 0.4) is 0 Å². The lowest BCUT2D eigenvalue weighted by Gasteiger charge is -1.98. The SMILES string of the molecule is CC(N)=Nc1ccc2[nH]c(-c3ccccc3F)cc2c1. The van der Waals surface area contributed by atoms with Crippen LogP contribution >= 0.6 is 0 Å². The molecule has 0 spiro atoms. The van der Waals surface area contributed by atoms with Gasteiger partial charge in [0.15, 0.2) is 0 Å². The lowest BCUT2D eigenvalue weighted by Crippen LogP contribution is -2.03. The van der Waals surface area contributed by atoms with Gasteiger partial charge in [-0.1, -0.05) is 12.1 Å². The Bertz CT molecular complexity index is 798. The molecule has 0 saturated heterocycles. The summed E-state index contributed by atoms with van der Waals surface area (Å²) in [6.07, 6.45) is 0. The van der Waals surface area contributed by atoms with E-state index in [9.17, 15) is 4.39 Å². The molecule has 0 bridgehead atoms. The molecule has 0 atom stereocenters. The average Bonchev–Trinajstić information content (AvgIpc) is 2.81. The second-order valence-corrected chi connectivity index (χ2v) is 4.69. The van der Waals surface area contributed by atoms with Crippen molar-refractivity contribution in [2.75, 3.05) is 0 Å². The fourth-order valence-electron chi connectivity index (χ4n) is 2.22. The van der Waals surface area contributed by atoms with Crippen LogP contribution in [0.15, 0.2) is 53.5 Å². The summed E-state index contributed by atoms with van der Waals surface area (Å²) in [5.41, 5.74) is 8.62. The molecule has 3 N–H and O–H groups in total. The number of aliphatic imine (C=N–C) groups is 1. The predicted molar refractivity (Wildman–Crippen MR) is 80.6 cm³/mol. The number of nitrogens with one attached hydrogen (secondary N) is 1. The zero-order valence-electron chi connectivity index (χ0n) is 11.0. The second-order valence-electron chi connectivity index (χ2n) is 4.69. The number of fused-ring (bicyclic) bond motifs is 1. The minimum atomic E-state index is -0.241. The predicted octanol–water partition coefficient (Wildman–Crippen LogP) is 3.98. The molecule has 20 heavy (non-hydrogen) atoms. The molecular weight excluding hydrogens is 253 g/mol. The smallest absolute Gasteiger partial charge is 0.132 e. The number of H-pyrrole nitrogens is 1. The molecule has 1 heterocycles. The third-order valence-corrected chi connectivity index (χ3v) is 3.07. The molecule has 0 aliphatic heterocycles. The van der Waals surface area contributed by atoms with Gasteiger partial charge in [0.1, 0.15) is 5.82 Å². The summed E-state index contributed by atoms with van der Waals surface area (Å²) in [6, 6.07) is 14.3. The average molecular weight is 267 g/mol. The molecule has 100 valence electrons. The monoisotopic (exact) mass is 267 g/mol. The Balaban J connectivity index is 2.12. The molecule has 0 aliphatic rings. The van der Waals surface area contributed by atoms with Gasteiger partial charge >= 0.3 is 0 Å². The van der Waals surface area contributed by atoms with Crippen LogP contribution in [-0.2, 0) is 0 Å². The summed E-state index contributed by atoms with van der Waals surface area (Å²) in [5, 5.41) is 0.978. The second kappa shape index (κ2) is 4.81. The Kier molecular flexibility index (Phi) is 2.99. The standard InChI is InChI=1S/C16H14FN3/c1-10(18)19-12-6-7-15-11(8-12)9-16(20-15)13-4-2-3-5-14(13)17/h2-9,20H,1H3,(H2,18,19). The summed E-state index contributed by atoms with van der Waals surface area (Å²) in [7, 11) is 0. The Hall–Kier alpha value is -2.62. The van der Waals surface area contributed by atoms with E-state index in [1.54, 1.807) is 19.1 Å². The number of nitrogens with two attached hydrogens (primary N) is 1. The first-order valence-electron chi connectivity index (χ1n) is 6.32. The number of aromatic nitrogens is 1. The first-order chi connectivity index (χ1) is 9.63. The highest BCUT2D eigenvalue weighted by Crippen LogP contribution is 2.28. The number of halogens is 1. The maximum Gasteiger partial charge on any atom is 0.132 e. The summed E-state index contributed by atoms with van der Waals surface area (Å²) in [6.45, 7) is 1.74. The van der Waals surface area contributed by atoms with E-state index in [4.69, 9.17) is 5.73 Å². The maximum atomic E-state index is 13.8. The van der Waals surface area contributed by atoms with Gasteiger partial charge in [-0.3, -0.25) is 0 Å². The van der Waals surface area contributed by atoms with E-state index in [1.807, 2.05) is 30.3 Å². The van der Waals surface area contributed by atoms with Crippen molar-refractivity contribution < 1.29 is 4.39 Å². The molecule has 2 aromatic carbocycles. The fraction of sp³-hybridized carbons (Fsp3) is 0.0625. The highest BCUT2D eigenvalue weighted by atomic mass is 19.1. The van der Waals surface area contributed by atoms with Crippen LogP contribution in [0.4, 0.5) is 10.1 Å². The van der Waals surface area contributed by atoms with Gasteiger partial charge in [0.25, 0.3) is 0 Å². The fourth-order valence-corrected chi connectivity index (χ4v) is 2.22. The maximum absolute atomic E-state index is 13.8. The Morgan fingerprint density at radius 3 is 2.70 bits per heavy atom. The molecular formula is C16H14FN3. The van der Waals surface area contributed by atoms with Crippen LogP contribution in [0.25, 0.3) is 22.2 Å². The molecule has 0 radical (unpaired) electrons. The van der Waals surface area contributed by atoms with Gasteiger partial charge in [-0.15, -0.1) is 0 Å². The highest BCUT2D eigenvalue weighted by molar-refractivity contribution is 5.89. The first-order valence-corrected chi connectivity index (χ1v) is 6.32. The molecule has 0 unspecified atom stereocenters. The third kappa shape index (κ3) is 2.28.